The molecule has 0 unspecified atom stereocenters. The molecule has 0 aromatic heterocycles. The van der Waals surface area contributed by atoms with Crippen LogP contribution in [0.2, 0.25) is 0 Å². The molecule has 0 spiro atoms. The van der Waals surface area contributed by atoms with Crippen molar-refractivity contribution >= 4 is 15.7 Å². The number of para-hydroxylation sites is 1. The lowest BCUT2D eigenvalue weighted by Crippen LogP contribution is -2.36. The summed E-state index contributed by atoms with van der Waals surface area (Å²) in [6.07, 6.45) is 2.25. The number of hydrogen-bond acceptors (Lipinski definition) is 3. The van der Waals surface area contributed by atoms with Gasteiger partial charge >= 0.3 is 0 Å². The molecule has 0 aliphatic heterocycles. The first-order valence-corrected chi connectivity index (χ1v) is 7.85. The van der Waals surface area contributed by atoms with Gasteiger partial charge in [-0.1, -0.05) is 18.2 Å². The van der Waals surface area contributed by atoms with E-state index in [0.717, 1.165) is 24.1 Å². The zero-order chi connectivity index (χ0) is 13.2. The molecule has 4 nitrogen and oxygen atoms in total. The highest BCUT2D eigenvalue weighted by Gasteiger charge is 2.40. The Morgan fingerprint density at radius 1 is 1.33 bits per heavy atom. The van der Waals surface area contributed by atoms with Crippen LogP contribution in [0.15, 0.2) is 24.3 Å². The van der Waals surface area contributed by atoms with Crippen molar-refractivity contribution in [1.29, 1.82) is 0 Å². The fourth-order valence-corrected chi connectivity index (χ4v) is 3.96. The van der Waals surface area contributed by atoms with Crippen LogP contribution in [-0.2, 0) is 10.0 Å². The van der Waals surface area contributed by atoms with E-state index in [4.69, 9.17) is 5.73 Å². The Morgan fingerprint density at radius 2 is 2.00 bits per heavy atom. The van der Waals surface area contributed by atoms with Gasteiger partial charge in [0.25, 0.3) is 0 Å². The molecule has 0 saturated heterocycles. The molecule has 1 fully saturated rings. The number of rotatable bonds is 6. The normalized spacial score (nSPS) is 15.7. The van der Waals surface area contributed by atoms with Crippen LogP contribution in [0, 0.1) is 6.92 Å². The molecule has 18 heavy (non-hydrogen) atoms. The Balaban J connectivity index is 2.33. The number of nitrogens with two attached hydrogens (primary N) is 1. The summed E-state index contributed by atoms with van der Waals surface area (Å²) in [7, 11) is -3.20. The van der Waals surface area contributed by atoms with Crippen LogP contribution in [0.4, 0.5) is 5.69 Å². The summed E-state index contributed by atoms with van der Waals surface area (Å²) in [5.74, 6) is 0. The van der Waals surface area contributed by atoms with Crippen LogP contribution in [-0.4, -0.2) is 26.8 Å². The van der Waals surface area contributed by atoms with E-state index in [-0.39, 0.29) is 5.25 Å². The molecular weight excluding hydrogens is 248 g/mol. The molecule has 0 heterocycles. The summed E-state index contributed by atoms with van der Waals surface area (Å²) in [6.45, 7) is 2.91. The topological polar surface area (TPSA) is 63.4 Å². The molecule has 0 radical (unpaired) electrons. The van der Waals surface area contributed by atoms with Crippen LogP contribution in [0.1, 0.15) is 24.8 Å². The van der Waals surface area contributed by atoms with Gasteiger partial charge in [-0.15, -0.1) is 0 Å². The first-order valence-electron chi connectivity index (χ1n) is 6.34. The number of sulfonamides is 1. The third kappa shape index (κ3) is 2.67. The van der Waals surface area contributed by atoms with Crippen molar-refractivity contribution in [2.75, 3.05) is 17.4 Å². The van der Waals surface area contributed by atoms with E-state index in [1.54, 1.807) is 4.31 Å². The highest BCUT2D eigenvalue weighted by molar-refractivity contribution is 7.93. The Hall–Kier alpha value is -1.07. The molecule has 5 heteroatoms. The van der Waals surface area contributed by atoms with Crippen LogP contribution in [0.25, 0.3) is 0 Å². The molecule has 2 rings (SSSR count). The predicted molar refractivity (Wildman–Crippen MR) is 74.1 cm³/mol. The summed E-state index contributed by atoms with van der Waals surface area (Å²) in [4.78, 5) is 0. The fraction of sp³-hybridized carbons (Fsp3) is 0.538. The van der Waals surface area contributed by atoms with Gasteiger partial charge in [0.05, 0.1) is 10.9 Å². The van der Waals surface area contributed by atoms with Crippen molar-refractivity contribution in [3.63, 3.8) is 0 Å². The number of anilines is 1. The summed E-state index contributed by atoms with van der Waals surface area (Å²) in [6, 6.07) is 7.60. The van der Waals surface area contributed by atoms with Crippen molar-refractivity contribution < 1.29 is 8.42 Å². The zero-order valence-corrected chi connectivity index (χ0v) is 11.5. The van der Waals surface area contributed by atoms with Crippen LogP contribution in [0.3, 0.4) is 0 Å². The van der Waals surface area contributed by atoms with Gasteiger partial charge in [-0.25, -0.2) is 8.42 Å². The van der Waals surface area contributed by atoms with Gasteiger partial charge in [-0.3, -0.25) is 4.31 Å². The van der Waals surface area contributed by atoms with E-state index in [2.05, 4.69) is 0 Å². The summed E-state index contributed by atoms with van der Waals surface area (Å²) in [5.41, 5.74) is 7.28. The maximum Gasteiger partial charge on any atom is 0.238 e. The molecule has 1 aromatic carbocycles. The molecule has 2 N–H and O–H groups in total. The number of benzene rings is 1. The average Bonchev–Trinajstić information content (AvgIpc) is 3.15. The Bertz CT molecular complexity index is 509. The van der Waals surface area contributed by atoms with Crippen molar-refractivity contribution in [2.45, 2.75) is 31.4 Å². The first kappa shape index (κ1) is 13.4. The lowest BCUT2D eigenvalue weighted by molar-refractivity contribution is 0.588. The molecule has 1 saturated carbocycles. The summed E-state index contributed by atoms with van der Waals surface area (Å²) < 4.78 is 26.4. The van der Waals surface area contributed by atoms with E-state index in [9.17, 15) is 8.42 Å². The Kier molecular flexibility index (Phi) is 3.92. The molecule has 0 bridgehead atoms. The van der Waals surface area contributed by atoms with Gasteiger partial charge in [-0.05, 0) is 44.4 Å². The number of nitrogens with zero attached hydrogens (tertiary/aromatic N) is 1. The monoisotopic (exact) mass is 268 g/mol. The van der Waals surface area contributed by atoms with E-state index in [1.165, 1.54) is 0 Å². The number of hydrogen-bond donors (Lipinski definition) is 1. The van der Waals surface area contributed by atoms with Gasteiger partial charge in [0, 0.05) is 6.54 Å². The molecular formula is C13H20N2O2S. The highest BCUT2D eigenvalue weighted by Crippen LogP contribution is 2.34. The first-order chi connectivity index (χ1) is 8.57. The van der Waals surface area contributed by atoms with Crippen LogP contribution in [0.5, 0.6) is 0 Å². The van der Waals surface area contributed by atoms with Gasteiger partial charge in [0.2, 0.25) is 10.0 Å². The maximum absolute atomic E-state index is 12.4. The second-order valence-corrected chi connectivity index (χ2v) is 6.88. The second kappa shape index (κ2) is 5.28. The predicted octanol–water partition coefficient (Wildman–Crippen LogP) is 1.64. The zero-order valence-electron chi connectivity index (χ0n) is 10.7. The summed E-state index contributed by atoms with van der Waals surface area (Å²) in [5, 5.41) is -0.185. The molecule has 0 atom stereocenters. The largest absolute Gasteiger partial charge is 0.330 e. The lowest BCUT2D eigenvalue weighted by atomic mass is 10.2. The van der Waals surface area contributed by atoms with Crippen molar-refractivity contribution in [1.82, 2.24) is 0 Å². The Labute approximate surface area is 109 Å². The van der Waals surface area contributed by atoms with Gasteiger partial charge in [0.15, 0.2) is 0 Å². The smallest absolute Gasteiger partial charge is 0.238 e. The van der Waals surface area contributed by atoms with E-state index >= 15 is 0 Å². The van der Waals surface area contributed by atoms with Gasteiger partial charge < -0.3 is 5.73 Å². The van der Waals surface area contributed by atoms with Crippen molar-refractivity contribution in [2.24, 2.45) is 5.73 Å². The molecule has 1 aromatic rings. The van der Waals surface area contributed by atoms with Crippen LogP contribution < -0.4 is 10.0 Å². The SMILES string of the molecule is Cc1ccccc1N(CCCN)S(=O)(=O)C1CC1. The minimum atomic E-state index is -3.20. The molecule has 1 aliphatic rings. The minimum absolute atomic E-state index is 0.185. The highest BCUT2D eigenvalue weighted by atomic mass is 32.2. The second-order valence-electron chi connectivity index (χ2n) is 4.75. The minimum Gasteiger partial charge on any atom is -0.330 e. The Morgan fingerprint density at radius 3 is 2.56 bits per heavy atom. The molecule has 0 amide bonds. The van der Waals surface area contributed by atoms with Crippen molar-refractivity contribution in [3.8, 4) is 0 Å². The standard InChI is InChI=1S/C13H20N2O2S/c1-11-5-2-3-6-13(11)15(10-4-9-14)18(16,17)12-7-8-12/h2-3,5-6,12H,4,7-10,14H2,1H3. The van der Waals surface area contributed by atoms with E-state index in [0.29, 0.717) is 19.5 Å². The maximum atomic E-state index is 12.4. The average molecular weight is 268 g/mol. The quantitative estimate of drug-likeness (QED) is 0.853. The van der Waals surface area contributed by atoms with Crippen LogP contribution >= 0.6 is 0 Å². The molecule has 100 valence electrons. The molecule has 1 aliphatic carbocycles. The van der Waals surface area contributed by atoms with Gasteiger partial charge in [0.1, 0.15) is 0 Å². The lowest BCUT2D eigenvalue weighted by Gasteiger charge is -2.25. The third-order valence-electron chi connectivity index (χ3n) is 3.20. The van der Waals surface area contributed by atoms with E-state index < -0.39 is 10.0 Å². The number of aryl methyl sites for hydroxylation is 1. The van der Waals surface area contributed by atoms with Crippen molar-refractivity contribution in [3.05, 3.63) is 29.8 Å². The third-order valence-corrected chi connectivity index (χ3v) is 5.51. The van der Waals surface area contributed by atoms with E-state index in [1.807, 2.05) is 31.2 Å². The fourth-order valence-electron chi connectivity index (χ4n) is 2.01. The summed E-state index contributed by atoms with van der Waals surface area (Å²) >= 11 is 0. The van der Waals surface area contributed by atoms with Gasteiger partial charge in [-0.2, -0.15) is 0 Å².